The van der Waals surface area contributed by atoms with E-state index in [1.165, 1.54) is 10.4 Å². The van der Waals surface area contributed by atoms with Gasteiger partial charge in [0, 0.05) is 37.8 Å². The van der Waals surface area contributed by atoms with E-state index in [0.717, 1.165) is 37.8 Å². The first-order chi connectivity index (χ1) is 14.4. The molecule has 30 heavy (non-hydrogen) atoms. The van der Waals surface area contributed by atoms with Gasteiger partial charge in [-0.25, -0.2) is 12.8 Å². The molecule has 1 unspecified atom stereocenters. The van der Waals surface area contributed by atoms with Crippen LogP contribution in [0.15, 0.2) is 23.1 Å². The Morgan fingerprint density at radius 3 is 2.57 bits per heavy atom. The standard InChI is InChI=1S/C20H26FN3O5S/c21-17-6-5-15(12-18(17)30(27,28)23-7-9-29-10-8-23)22-20(26)14-11-19(25)24(13-14)16-3-1-2-4-16/h5-6,12,14,16H,1-4,7-11,13H2,(H,22,26). The summed E-state index contributed by atoms with van der Waals surface area (Å²) in [6.45, 7) is 1.18. The third-order valence-electron chi connectivity index (χ3n) is 6.08. The van der Waals surface area contributed by atoms with E-state index in [1.807, 2.05) is 0 Å². The Morgan fingerprint density at radius 2 is 1.87 bits per heavy atom. The molecule has 3 aliphatic rings. The fourth-order valence-corrected chi connectivity index (χ4v) is 5.92. The molecule has 3 fully saturated rings. The van der Waals surface area contributed by atoms with Crippen LogP contribution in [-0.4, -0.2) is 68.3 Å². The van der Waals surface area contributed by atoms with Crippen molar-refractivity contribution in [3.63, 3.8) is 0 Å². The van der Waals surface area contributed by atoms with E-state index in [9.17, 15) is 22.4 Å². The molecule has 1 N–H and O–H groups in total. The minimum Gasteiger partial charge on any atom is -0.379 e. The number of carbonyl (C=O) groups is 2. The first-order valence-corrected chi connectivity index (χ1v) is 11.8. The number of morpholine rings is 1. The van der Waals surface area contributed by atoms with Crippen LogP contribution in [-0.2, 0) is 24.3 Å². The molecule has 1 atom stereocenters. The lowest BCUT2D eigenvalue weighted by Crippen LogP contribution is -2.41. The van der Waals surface area contributed by atoms with Crippen molar-refractivity contribution in [1.82, 2.24) is 9.21 Å². The maximum atomic E-state index is 14.3. The Balaban J connectivity index is 1.46. The number of halogens is 1. The summed E-state index contributed by atoms with van der Waals surface area (Å²) in [6.07, 6.45) is 4.28. The monoisotopic (exact) mass is 439 g/mol. The van der Waals surface area contributed by atoms with Crippen LogP contribution in [0.1, 0.15) is 32.1 Å². The molecular weight excluding hydrogens is 413 g/mol. The van der Waals surface area contributed by atoms with Crippen LogP contribution in [0.4, 0.5) is 10.1 Å². The summed E-state index contributed by atoms with van der Waals surface area (Å²) in [7, 11) is -4.03. The Morgan fingerprint density at radius 1 is 1.17 bits per heavy atom. The number of nitrogens with zero attached hydrogens (tertiary/aromatic N) is 2. The van der Waals surface area contributed by atoms with Gasteiger partial charge in [0.1, 0.15) is 10.7 Å². The molecule has 1 aliphatic carbocycles. The van der Waals surface area contributed by atoms with Gasteiger partial charge >= 0.3 is 0 Å². The Bertz CT molecular complexity index is 926. The van der Waals surface area contributed by atoms with Gasteiger partial charge in [0.05, 0.1) is 19.1 Å². The zero-order chi connectivity index (χ0) is 21.3. The number of sulfonamides is 1. The molecule has 1 aromatic carbocycles. The van der Waals surface area contributed by atoms with Crippen LogP contribution < -0.4 is 5.32 Å². The summed E-state index contributed by atoms with van der Waals surface area (Å²) in [5.41, 5.74) is 0.194. The minimum absolute atomic E-state index is 0.0169. The smallest absolute Gasteiger partial charge is 0.246 e. The number of amides is 2. The molecule has 0 radical (unpaired) electrons. The van der Waals surface area contributed by atoms with Gasteiger partial charge in [0.25, 0.3) is 0 Å². The number of hydrogen-bond acceptors (Lipinski definition) is 5. The van der Waals surface area contributed by atoms with Crippen LogP contribution in [0, 0.1) is 11.7 Å². The zero-order valence-electron chi connectivity index (χ0n) is 16.7. The number of rotatable bonds is 5. The van der Waals surface area contributed by atoms with Crippen molar-refractivity contribution in [2.45, 2.75) is 43.0 Å². The van der Waals surface area contributed by atoms with Gasteiger partial charge in [-0.2, -0.15) is 4.31 Å². The van der Waals surface area contributed by atoms with Gasteiger partial charge in [-0.05, 0) is 31.0 Å². The number of ether oxygens (including phenoxy) is 1. The number of anilines is 1. The van der Waals surface area contributed by atoms with Gasteiger partial charge in [0.2, 0.25) is 21.8 Å². The number of nitrogens with one attached hydrogen (secondary N) is 1. The molecule has 2 saturated heterocycles. The third kappa shape index (κ3) is 4.21. The Hall–Kier alpha value is -2.04. The topological polar surface area (TPSA) is 96.0 Å². The van der Waals surface area contributed by atoms with Crippen LogP contribution >= 0.6 is 0 Å². The lowest BCUT2D eigenvalue weighted by molar-refractivity contribution is -0.129. The molecular formula is C20H26FN3O5S. The molecule has 2 amide bonds. The summed E-state index contributed by atoms with van der Waals surface area (Å²) in [6, 6.07) is 3.72. The van der Waals surface area contributed by atoms with E-state index >= 15 is 0 Å². The highest BCUT2D eigenvalue weighted by molar-refractivity contribution is 7.89. The molecule has 10 heteroatoms. The Kier molecular flexibility index (Phi) is 6.08. The largest absolute Gasteiger partial charge is 0.379 e. The summed E-state index contributed by atoms with van der Waals surface area (Å²) >= 11 is 0. The number of hydrogen-bond donors (Lipinski definition) is 1. The minimum atomic E-state index is -4.03. The van der Waals surface area contributed by atoms with E-state index in [-0.39, 0.29) is 56.3 Å². The van der Waals surface area contributed by atoms with Crippen LogP contribution in [0.2, 0.25) is 0 Å². The summed E-state index contributed by atoms with van der Waals surface area (Å²) in [5.74, 6) is -1.74. The molecule has 1 aromatic rings. The van der Waals surface area contributed by atoms with Crippen LogP contribution in [0.5, 0.6) is 0 Å². The summed E-state index contributed by atoms with van der Waals surface area (Å²) < 4.78 is 46.3. The number of carbonyl (C=O) groups excluding carboxylic acids is 2. The molecule has 0 spiro atoms. The van der Waals surface area contributed by atoms with Gasteiger partial charge < -0.3 is 15.0 Å². The predicted molar refractivity (Wildman–Crippen MR) is 107 cm³/mol. The quantitative estimate of drug-likeness (QED) is 0.752. The lowest BCUT2D eigenvalue weighted by Gasteiger charge is -2.26. The highest BCUT2D eigenvalue weighted by Crippen LogP contribution is 2.30. The second-order valence-corrected chi connectivity index (χ2v) is 9.94. The zero-order valence-corrected chi connectivity index (χ0v) is 17.5. The second kappa shape index (κ2) is 8.60. The first kappa shape index (κ1) is 21.2. The average molecular weight is 440 g/mol. The molecule has 0 bridgehead atoms. The van der Waals surface area contributed by atoms with E-state index in [1.54, 1.807) is 4.90 Å². The van der Waals surface area contributed by atoms with Gasteiger partial charge in [-0.15, -0.1) is 0 Å². The molecule has 8 nitrogen and oxygen atoms in total. The predicted octanol–water partition coefficient (Wildman–Crippen LogP) is 1.58. The van der Waals surface area contributed by atoms with Gasteiger partial charge in [0.15, 0.2) is 0 Å². The molecule has 0 aromatic heterocycles. The summed E-state index contributed by atoms with van der Waals surface area (Å²) in [4.78, 5) is 26.4. The third-order valence-corrected chi connectivity index (χ3v) is 7.99. The normalized spacial score (nSPS) is 23.8. The van der Waals surface area contributed by atoms with Crippen molar-refractivity contribution in [2.24, 2.45) is 5.92 Å². The SMILES string of the molecule is O=C(Nc1ccc(F)c(S(=O)(=O)N2CCOCC2)c1)C1CC(=O)N(C2CCCC2)C1. The second-order valence-electron chi connectivity index (χ2n) is 8.04. The molecule has 2 aliphatic heterocycles. The molecule has 2 heterocycles. The van der Waals surface area contributed by atoms with Crippen molar-refractivity contribution in [3.8, 4) is 0 Å². The number of benzene rings is 1. The highest BCUT2D eigenvalue weighted by atomic mass is 32.2. The van der Waals surface area contributed by atoms with Crippen molar-refractivity contribution in [2.75, 3.05) is 38.2 Å². The average Bonchev–Trinajstić information content (AvgIpc) is 3.39. The lowest BCUT2D eigenvalue weighted by atomic mass is 10.1. The van der Waals surface area contributed by atoms with Crippen molar-refractivity contribution in [1.29, 1.82) is 0 Å². The van der Waals surface area contributed by atoms with Gasteiger partial charge in [-0.3, -0.25) is 9.59 Å². The van der Waals surface area contributed by atoms with E-state index < -0.39 is 26.7 Å². The first-order valence-electron chi connectivity index (χ1n) is 10.3. The van der Waals surface area contributed by atoms with Crippen molar-refractivity contribution in [3.05, 3.63) is 24.0 Å². The fourth-order valence-electron chi connectivity index (χ4n) is 4.43. The van der Waals surface area contributed by atoms with E-state index in [4.69, 9.17) is 4.74 Å². The molecule has 164 valence electrons. The maximum absolute atomic E-state index is 14.3. The summed E-state index contributed by atoms with van der Waals surface area (Å²) in [5, 5.41) is 2.67. The van der Waals surface area contributed by atoms with Gasteiger partial charge in [-0.1, -0.05) is 12.8 Å². The van der Waals surface area contributed by atoms with Crippen molar-refractivity contribution >= 4 is 27.5 Å². The fraction of sp³-hybridized carbons (Fsp3) is 0.600. The van der Waals surface area contributed by atoms with E-state index in [0.29, 0.717) is 6.54 Å². The van der Waals surface area contributed by atoms with Crippen LogP contribution in [0.3, 0.4) is 0 Å². The maximum Gasteiger partial charge on any atom is 0.246 e. The Labute approximate surface area is 175 Å². The molecule has 4 rings (SSSR count). The number of likely N-dealkylation sites (tertiary alicyclic amines) is 1. The molecule has 1 saturated carbocycles. The van der Waals surface area contributed by atoms with Crippen LogP contribution in [0.25, 0.3) is 0 Å². The highest BCUT2D eigenvalue weighted by Gasteiger charge is 2.39. The van der Waals surface area contributed by atoms with Crippen molar-refractivity contribution < 1.29 is 27.1 Å². The van der Waals surface area contributed by atoms with E-state index in [2.05, 4.69) is 5.32 Å².